The first-order chi connectivity index (χ1) is 6.38. The normalized spacial score (nSPS) is 10.5. The molecule has 0 bridgehead atoms. The lowest BCUT2D eigenvalue weighted by Gasteiger charge is -1.96. The SMILES string of the molecule is BrCc1cn(Cc2cccs2)cn1. The Labute approximate surface area is 89.4 Å². The average Bonchev–Trinajstić information content (AvgIpc) is 2.76. The molecular weight excluding hydrogens is 248 g/mol. The maximum atomic E-state index is 4.24. The van der Waals surface area contributed by atoms with Crippen molar-refractivity contribution in [3.63, 3.8) is 0 Å². The van der Waals surface area contributed by atoms with E-state index >= 15 is 0 Å². The predicted octanol–water partition coefficient (Wildman–Crippen LogP) is 2.89. The van der Waals surface area contributed by atoms with Crippen LogP contribution < -0.4 is 0 Å². The summed E-state index contributed by atoms with van der Waals surface area (Å²) in [6.07, 6.45) is 3.94. The highest BCUT2D eigenvalue weighted by Gasteiger charge is 1.98. The van der Waals surface area contributed by atoms with Crippen LogP contribution in [0.1, 0.15) is 10.6 Å². The van der Waals surface area contributed by atoms with E-state index in [0.29, 0.717) is 0 Å². The Kier molecular flexibility index (Phi) is 2.80. The molecule has 0 aromatic carbocycles. The third-order valence-electron chi connectivity index (χ3n) is 1.74. The first-order valence-electron chi connectivity index (χ1n) is 3.97. The molecule has 0 atom stereocenters. The molecule has 0 aliphatic rings. The summed E-state index contributed by atoms with van der Waals surface area (Å²) >= 11 is 5.15. The lowest BCUT2D eigenvalue weighted by Crippen LogP contribution is -1.92. The molecule has 2 rings (SSSR count). The number of aromatic nitrogens is 2. The van der Waals surface area contributed by atoms with E-state index in [1.807, 2.05) is 6.33 Å². The van der Waals surface area contributed by atoms with Gasteiger partial charge in [-0.15, -0.1) is 11.3 Å². The van der Waals surface area contributed by atoms with Crippen LogP contribution in [0.15, 0.2) is 30.0 Å². The molecule has 0 fully saturated rings. The van der Waals surface area contributed by atoms with E-state index in [0.717, 1.165) is 17.6 Å². The van der Waals surface area contributed by atoms with Gasteiger partial charge in [-0.05, 0) is 11.4 Å². The highest BCUT2D eigenvalue weighted by molar-refractivity contribution is 9.08. The summed E-state index contributed by atoms with van der Waals surface area (Å²) in [5, 5.41) is 2.92. The molecule has 4 heteroatoms. The zero-order chi connectivity index (χ0) is 9.10. The predicted molar refractivity (Wildman–Crippen MR) is 58.3 cm³/mol. The Hall–Kier alpha value is -0.610. The fourth-order valence-corrected chi connectivity index (χ4v) is 2.15. The fourth-order valence-electron chi connectivity index (χ4n) is 1.14. The van der Waals surface area contributed by atoms with Gasteiger partial charge < -0.3 is 4.57 Å². The smallest absolute Gasteiger partial charge is 0.0953 e. The first kappa shape index (κ1) is 8.97. The third kappa shape index (κ3) is 2.19. The largest absolute Gasteiger partial charge is 0.332 e. The van der Waals surface area contributed by atoms with Gasteiger partial charge in [-0.1, -0.05) is 22.0 Å². The minimum Gasteiger partial charge on any atom is -0.332 e. The molecule has 0 saturated heterocycles. The third-order valence-corrected chi connectivity index (χ3v) is 3.18. The molecule has 0 N–H and O–H groups in total. The molecule has 0 saturated carbocycles. The van der Waals surface area contributed by atoms with Crippen LogP contribution in [0.5, 0.6) is 0 Å². The average molecular weight is 257 g/mol. The standard InChI is InChI=1S/C9H9BrN2S/c10-4-8-5-12(7-11-8)6-9-2-1-3-13-9/h1-3,5,7H,4,6H2. The monoisotopic (exact) mass is 256 g/mol. The number of thiophene rings is 1. The zero-order valence-electron chi connectivity index (χ0n) is 6.98. The Morgan fingerprint density at radius 1 is 1.54 bits per heavy atom. The maximum absolute atomic E-state index is 4.24. The topological polar surface area (TPSA) is 17.8 Å². The number of nitrogens with zero attached hydrogens (tertiary/aromatic N) is 2. The molecule has 0 radical (unpaired) electrons. The van der Waals surface area contributed by atoms with E-state index in [2.05, 4.69) is 49.2 Å². The van der Waals surface area contributed by atoms with Crippen molar-refractivity contribution in [1.82, 2.24) is 9.55 Å². The number of halogens is 1. The maximum Gasteiger partial charge on any atom is 0.0953 e. The number of hydrogen-bond donors (Lipinski definition) is 0. The molecule has 0 aliphatic carbocycles. The summed E-state index contributed by atoms with van der Waals surface area (Å²) in [6, 6.07) is 4.21. The van der Waals surface area contributed by atoms with Gasteiger partial charge in [0, 0.05) is 16.4 Å². The van der Waals surface area contributed by atoms with Crippen LogP contribution in [0.25, 0.3) is 0 Å². The van der Waals surface area contributed by atoms with Crippen LogP contribution in [-0.2, 0) is 11.9 Å². The molecule has 2 aromatic rings. The van der Waals surface area contributed by atoms with Crippen LogP contribution in [0.2, 0.25) is 0 Å². The van der Waals surface area contributed by atoms with Crippen molar-refractivity contribution in [1.29, 1.82) is 0 Å². The molecule has 2 aromatic heterocycles. The van der Waals surface area contributed by atoms with Gasteiger partial charge in [0.25, 0.3) is 0 Å². The van der Waals surface area contributed by atoms with Crippen molar-refractivity contribution < 1.29 is 0 Å². The van der Waals surface area contributed by atoms with Gasteiger partial charge in [-0.25, -0.2) is 4.98 Å². The molecule has 0 aliphatic heterocycles. The van der Waals surface area contributed by atoms with Crippen LogP contribution >= 0.6 is 27.3 Å². The molecule has 0 unspecified atom stereocenters. The summed E-state index contributed by atoms with van der Waals surface area (Å²) in [5.74, 6) is 0. The van der Waals surface area contributed by atoms with E-state index in [4.69, 9.17) is 0 Å². The van der Waals surface area contributed by atoms with Crippen molar-refractivity contribution in [3.8, 4) is 0 Å². The van der Waals surface area contributed by atoms with Gasteiger partial charge in [0.15, 0.2) is 0 Å². The van der Waals surface area contributed by atoms with Gasteiger partial charge in [-0.3, -0.25) is 0 Å². The summed E-state index contributed by atoms with van der Waals surface area (Å²) in [5.41, 5.74) is 1.08. The molecule has 0 amide bonds. The lowest BCUT2D eigenvalue weighted by molar-refractivity contribution is 0.809. The van der Waals surface area contributed by atoms with Crippen LogP contribution in [0.4, 0.5) is 0 Å². The Bertz CT molecular complexity index is 367. The molecule has 2 heterocycles. The van der Waals surface area contributed by atoms with Gasteiger partial charge in [0.1, 0.15) is 0 Å². The van der Waals surface area contributed by atoms with E-state index < -0.39 is 0 Å². The second-order valence-electron chi connectivity index (χ2n) is 2.75. The highest BCUT2D eigenvalue weighted by atomic mass is 79.9. The number of imidazole rings is 1. The van der Waals surface area contributed by atoms with Gasteiger partial charge >= 0.3 is 0 Å². The number of hydrogen-bond acceptors (Lipinski definition) is 2. The second kappa shape index (κ2) is 4.07. The van der Waals surface area contributed by atoms with E-state index in [9.17, 15) is 0 Å². The molecule has 0 spiro atoms. The van der Waals surface area contributed by atoms with Crippen molar-refractivity contribution in [2.45, 2.75) is 11.9 Å². The van der Waals surface area contributed by atoms with Crippen molar-refractivity contribution in [2.24, 2.45) is 0 Å². The van der Waals surface area contributed by atoms with Gasteiger partial charge in [-0.2, -0.15) is 0 Å². The second-order valence-corrected chi connectivity index (χ2v) is 4.34. The van der Waals surface area contributed by atoms with Crippen molar-refractivity contribution in [3.05, 3.63) is 40.6 Å². The summed E-state index contributed by atoms with van der Waals surface area (Å²) in [6.45, 7) is 0.928. The zero-order valence-corrected chi connectivity index (χ0v) is 9.38. The van der Waals surface area contributed by atoms with Crippen molar-refractivity contribution >= 4 is 27.3 Å². The van der Waals surface area contributed by atoms with Gasteiger partial charge in [0.05, 0.1) is 18.6 Å². The van der Waals surface area contributed by atoms with E-state index in [1.54, 1.807) is 11.3 Å². The number of rotatable bonds is 3. The Morgan fingerprint density at radius 3 is 3.08 bits per heavy atom. The van der Waals surface area contributed by atoms with Crippen LogP contribution in [-0.4, -0.2) is 9.55 Å². The first-order valence-corrected chi connectivity index (χ1v) is 5.97. The highest BCUT2D eigenvalue weighted by Crippen LogP contribution is 2.11. The summed E-state index contributed by atoms with van der Waals surface area (Å²) < 4.78 is 2.10. The van der Waals surface area contributed by atoms with Gasteiger partial charge in [0.2, 0.25) is 0 Å². The minimum atomic E-state index is 0.824. The van der Waals surface area contributed by atoms with E-state index in [1.165, 1.54) is 4.88 Å². The number of alkyl halides is 1. The van der Waals surface area contributed by atoms with Crippen LogP contribution in [0, 0.1) is 0 Å². The molecule has 13 heavy (non-hydrogen) atoms. The van der Waals surface area contributed by atoms with E-state index in [-0.39, 0.29) is 0 Å². The van der Waals surface area contributed by atoms with Crippen molar-refractivity contribution in [2.75, 3.05) is 0 Å². The molecular formula is C9H9BrN2S. The quantitative estimate of drug-likeness (QED) is 0.773. The molecule has 2 nitrogen and oxygen atoms in total. The Morgan fingerprint density at radius 2 is 2.46 bits per heavy atom. The summed E-state index contributed by atoms with van der Waals surface area (Å²) in [4.78, 5) is 5.60. The lowest BCUT2D eigenvalue weighted by atomic mass is 10.4. The minimum absolute atomic E-state index is 0.824. The Balaban J connectivity index is 2.10. The molecule has 68 valence electrons. The summed E-state index contributed by atoms with van der Waals surface area (Å²) in [7, 11) is 0. The fraction of sp³-hybridized carbons (Fsp3) is 0.222. The van der Waals surface area contributed by atoms with Crippen LogP contribution in [0.3, 0.4) is 0 Å².